The molecule has 0 radical (unpaired) electrons. The molecule has 0 fully saturated rings. The maximum absolute atomic E-state index is 12.3. The van der Waals surface area contributed by atoms with Crippen LogP contribution in [-0.2, 0) is 6.42 Å². The van der Waals surface area contributed by atoms with Crippen LogP contribution in [0.2, 0.25) is 0 Å². The summed E-state index contributed by atoms with van der Waals surface area (Å²) in [6.07, 6.45) is 0.802. The molecular weight excluding hydrogens is 298 g/mol. The highest BCUT2D eigenvalue weighted by molar-refractivity contribution is 7.20. The van der Waals surface area contributed by atoms with Crippen molar-refractivity contribution in [3.8, 4) is 0 Å². The summed E-state index contributed by atoms with van der Waals surface area (Å²) in [4.78, 5) is 13.0. The number of amides is 1. The first-order chi connectivity index (χ1) is 10.5. The van der Waals surface area contributed by atoms with E-state index in [0.29, 0.717) is 21.6 Å². The van der Waals surface area contributed by atoms with E-state index in [1.807, 2.05) is 25.1 Å². The van der Waals surface area contributed by atoms with E-state index in [2.05, 4.69) is 34.5 Å². The lowest BCUT2D eigenvalue weighted by molar-refractivity contribution is 0.102. The molecule has 0 bridgehead atoms. The molecule has 1 aromatic carbocycles. The van der Waals surface area contributed by atoms with Crippen LogP contribution in [0, 0.1) is 12.8 Å². The first-order valence-corrected chi connectivity index (χ1v) is 7.94. The summed E-state index contributed by atoms with van der Waals surface area (Å²) < 4.78 is 1.71. The zero-order valence-corrected chi connectivity index (χ0v) is 13.5. The second kappa shape index (κ2) is 5.84. The molecule has 1 N–H and O–H groups in total. The Morgan fingerprint density at radius 2 is 2.09 bits per heavy atom. The smallest absolute Gasteiger partial charge is 0.257 e. The number of nitrogens with one attached hydrogen (secondary N) is 1. The maximum atomic E-state index is 12.3. The Kier molecular flexibility index (Phi) is 3.89. The predicted molar refractivity (Wildman–Crippen MR) is 86.3 cm³/mol. The first kappa shape index (κ1) is 14.6. The number of hydrogen-bond donors (Lipinski definition) is 1. The van der Waals surface area contributed by atoms with E-state index < -0.39 is 0 Å². The number of aryl methyl sites for hydroxylation is 1. The zero-order chi connectivity index (χ0) is 15.7. The molecule has 6 nitrogen and oxygen atoms in total. The van der Waals surface area contributed by atoms with Gasteiger partial charge in [0.2, 0.25) is 10.1 Å². The average Bonchev–Trinajstić information content (AvgIpc) is 3.00. The Morgan fingerprint density at radius 1 is 1.32 bits per heavy atom. The van der Waals surface area contributed by atoms with Gasteiger partial charge in [0, 0.05) is 12.0 Å². The van der Waals surface area contributed by atoms with Crippen LogP contribution in [0.1, 0.15) is 35.6 Å². The molecule has 3 rings (SSSR count). The number of fused-ring (bicyclic) bond motifs is 1. The SMILES string of the molecule is Cc1ccccc1C(=O)Nc1nn2c(CC(C)C)nnc2s1. The van der Waals surface area contributed by atoms with Gasteiger partial charge < -0.3 is 0 Å². The molecule has 0 aliphatic rings. The first-order valence-electron chi connectivity index (χ1n) is 7.12. The number of rotatable bonds is 4. The Labute approximate surface area is 132 Å². The van der Waals surface area contributed by atoms with Crippen LogP contribution in [0.3, 0.4) is 0 Å². The van der Waals surface area contributed by atoms with Crippen LogP contribution in [0.15, 0.2) is 24.3 Å². The fourth-order valence-electron chi connectivity index (χ4n) is 2.19. The van der Waals surface area contributed by atoms with Gasteiger partial charge in [-0.25, -0.2) is 0 Å². The van der Waals surface area contributed by atoms with Gasteiger partial charge in [-0.2, -0.15) is 4.52 Å². The Morgan fingerprint density at radius 3 is 2.82 bits per heavy atom. The van der Waals surface area contributed by atoms with Crippen LogP contribution in [0.25, 0.3) is 4.96 Å². The topological polar surface area (TPSA) is 72.2 Å². The Bertz CT molecular complexity index is 820. The third kappa shape index (κ3) is 2.85. The Balaban J connectivity index is 1.84. The monoisotopic (exact) mass is 315 g/mol. The summed E-state index contributed by atoms with van der Waals surface area (Å²) in [5, 5.41) is 16.0. The van der Waals surface area contributed by atoms with Crippen molar-refractivity contribution in [2.45, 2.75) is 27.2 Å². The number of carbonyl (C=O) groups is 1. The largest absolute Gasteiger partial charge is 0.296 e. The van der Waals surface area contributed by atoms with Crippen LogP contribution < -0.4 is 5.32 Å². The second-order valence-corrected chi connectivity index (χ2v) is 6.54. The minimum absolute atomic E-state index is 0.159. The van der Waals surface area contributed by atoms with Crippen LogP contribution in [0.4, 0.5) is 5.13 Å². The second-order valence-electron chi connectivity index (χ2n) is 5.58. The van der Waals surface area contributed by atoms with Gasteiger partial charge in [-0.05, 0) is 24.5 Å². The molecule has 0 saturated heterocycles. The fourth-order valence-corrected chi connectivity index (χ4v) is 2.95. The number of nitrogens with zero attached hydrogens (tertiary/aromatic N) is 4. The molecule has 0 aliphatic carbocycles. The molecule has 0 unspecified atom stereocenters. The van der Waals surface area contributed by atoms with Gasteiger partial charge in [0.25, 0.3) is 5.91 Å². The summed E-state index contributed by atoms with van der Waals surface area (Å²) in [5.41, 5.74) is 1.58. The minimum atomic E-state index is -0.159. The van der Waals surface area contributed by atoms with Gasteiger partial charge in [0.15, 0.2) is 5.82 Å². The molecule has 0 spiro atoms. The number of aromatic nitrogens is 4. The van der Waals surface area contributed by atoms with E-state index in [1.54, 1.807) is 10.6 Å². The van der Waals surface area contributed by atoms with E-state index in [1.165, 1.54) is 11.3 Å². The quantitative estimate of drug-likeness (QED) is 0.803. The van der Waals surface area contributed by atoms with E-state index >= 15 is 0 Å². The van der Waals surface area contributed by atoms with Gasteiger partial charge in [-0.3, -0.25) is 10.1 Å². The van der Waals surface area contributed by atoms with Crippen molar-refractivity contribution in [1.82, 2.24) is 19.8 Å². The molecular formula is C15H17N5OS. The van der Waals surface area contributed by atoms with Gasteiger partial charge in [0.05, 0.1) is 0 Å². The summed E-state index contributed by atoms with van der Waals surface area (Å²) in [7, 11) is 0. The number of carbonyl (C=O) groups excluding carboxylic acids is 1. The average molecular weight is 315 g/mol. The number of anilines is 1. The number of benzene rings is 1. The van der Waals surface area contributed by atoms with Crippen molar-refractivity contribution in [3.05, 3.63) is 41.2 Å². The van der Waals surface area contributed by atoms with Gasteiger partial charge in [-0.15, -0.1) is 15.3 Å². The number of hydrogen-bond acceptors (Lipinski definition) is 5. The predicted octanol–water partition coefficient (Wildman–Crippen LogP) is 2.95. The lowest BCUT2D eigenvalue weighted by atomic mass is 10.1. The van der Waals surface area contributed by atoms with E-state index in [9.17, 15) is 4.79 Å². The molecule has 0 saturated carbocycles. The van der Waals surface area contributed by atoms with Crippen molar-refractivity contribution in [3.63, 3.8) is 0 Å². The van der Waals surface area contributed by atoms with Crippen molar-refractivity contribution < 1.29 is 4.79 Å². The lowest BCUT2D eigenvalue weighted by Gasteiger charge is -2.04. The highest BCUT2D eigenvalue weighted by Gasteiger charge is 2.15. The standard InChI is InChI=1S/C15H17N5OS/c1-9(2)8-12-17-18-15-20(12)19-14(22-15)16-13(21)11-7-5-4-6-10(11)3/h4-7,9H,8H2,1-3H3,(H,16,19,21). The molecule has 0 atom stereocenters. The van der Waals surface area contributed by atoms with Gasteiger partial charge >= 0.3 is 0 Å². The van der Waals surface area contributed by atoms with Crippen molar-refractivity contribution in [2.24, 2.45) is 5.92 Å². The van der Waals surface area contributed by atoms with Crippen LogP contribution in [0.5, 0.6) is 0 Å². The van der Waals surface area contributed by atoms with Gasteiger partial charge in [0.1, 0.15) is 0 Å². The normalized spacial score (nSPS) is 11.3. The third-order valence-electron chi connectivity index (χ3n) is 3.26. The van der Waals surface area contributed by atoms with E-state index in [0.717, 1.165) is 17.8 Å². The zero-order valence-electron chi connectivity index (χ0n) is 12.7. The summed E-state index contributed by atoms with van der Waals surface area (Å²) in [6, 6.07) is 7.47. The fraction of sp³-hybridized carbons (Fsp3) is 0.333. The Hall–Kier alpha value is -2.28. The molecule has 7 heteroatoms. The van der Waals surface area contributed by atoms with Crippen molar-refractivity contribution in [1.29, 1.82) is 0 Å². The van der Waals surface area contributed by atoms with Crippen molar-refractivity contribution >= 4 is 27.3 Å². The maximum Gasteiger partial charge on any atom is 0.257 e. The van der Waals surface area contributed by atoms with Gasteiger partial charge in [-0.1, -0.05) is 43.4 Å². The molecule has 0 aliphatic heterocycles. The molecule has 114 valence electrons. The highest BCUT2D eigenvalue weighted by Crippen LogP contribution is 2.21. The molecule has 2 aromatic heterocycles. The third-order valence-corrected chi connectivity index (χ3v) is 4.07. The van der Waals surface area contributed by atoms with E-state index in [-0.39, 0.29) is 5.91 Å². The van der Waals surface area contributed by atoms with Crippen LogP contribution in [-0.4, -0.2) is 25.7 Å². The summed E-state index contributed by atoms with van der Waals surface area (Å²) >= 11 is 1.32. The summed E-state index contributed by atoms with van der Waals surface area (Å²) in [6.45, 7) is 6.15. The minimum Gasteiger partial charge on any atom is -0.296 e. The highest BCUT2D eigenvalue weighted by atomic mass is 32.1. The van der Waals surface area contributed by atoms with Crippen LogP contribution >= 0.6 is 11.3 Å². The molecule has 1 amide bonds. The van der Waals surface area contributed by atoms with E-state index in [4.69, 9.17) is 0 Å². The summed E-state index contributed by atoms with van der Waals surface area (Å²) in [5.74, 6) is 1.13. The lowest BCUT2D eigenvalue weighted by Crippen LogP contribution is -2.13. The molecule has 3 aromatic rings. The van der Waals surface area contributed by atoms with Crippen molar-refractivity contribution in [2.75, 3.05) is 5.32 Å². The molecule has 2 heterocycles. The molecule has 22 heavy (non-hydrogen) atoms.